The van der Waals surface area contributed by atoms with E-state index >= 15 is 0 Å². The third-order valence-electron chi connectivity index (χ3n) is 10.5. The maximum absolute atomic E-state index is 12.2. The summed E-state index contributed by atoms with van der Waals surface area (Å²) in [7, 11) is 0. The van der Waals surface area contributed by atoms with Crippen molar-refractivity contribution in [3.63, 3.8) is 0 Å². The first kappa shape index (κ1) is 45.6. The maximum atomic E-state index is 12.2. The molecule has 3 saturated heterocycles. The molecule has 0 bridgehead atoms. The van der Waals surface area contributed by atoms with Gasteiger partial charge >= 0.3 is 5.97 Å². The Morgan fingerprint density at radius 2 is 1.41 bits per heavy atom. The van der Waals surface area contributed by atoms with Gasteiger partial charge in [-0.1, -0.05) is 12.1 Å². The van der Waals surface area contributed by atoms with Crippen LogP contribution >= 0.6 is 0 Å². The summed E-state index contributed by atoms with van der Waals surface area (Å²) in [5.74, 6) is -2.81. The number of fused-ring (bicyclic) bond motifs is 1. The number of rotatable bonds is 12. The van der Waals surface area contributed by atoms with Crippen LogP contribution < -0.4 is 10.2 Å². The highest BCUT2D eigenvalue weighted by molar-refractivity contribution is 5.88. The van der Waals surface area contributed by atoms with Gasteiger partial charge in [-0.2, -0.15) is 0 Å². The largest absolute Gasteiger partial charge is 0.510 e. The molecule has 63 heavy (non-hydrogen) atoms. The first-order valence-electron chi connectivity index (χ1n) is 19.3. The van der Waals surface area contributed by atoms with E-state index in [1.807, 2.05) is 0 Å². The van der Waals surface area contributed by atoms with Crippen molar-refractivity contribution in [3.8, 4) is 51.4 Å². The molecule has 0 unspecified atom stereocenters. The summed E-state index contributed by atoms with van der Waals surface area (Å²) in [5, 5.41) is 126. The Labute approximate surface area is 355 Å². The van der Waals surface area contributed by atoms with Gasteiger partial charge in [-0.15, -0.1) is 0 Å². The maximum Gasteiger partial charge on any atom is 0.510 e. The smallest absolute Gasteiger partial charge is 0.508 e. The standard InChI is InChI=1S/C41H44O22/c42-13-26-30(49)34(53)38(41(60-26)59-25-12-20-22(46)10-19(44)11-24(20)58-37(25)17-4-7-21(45)23(47)9-17)63-39-35(54)32(51)28(15-57-39)62-40-36(55)33(52)31(50)27(61-40)14-56-29(48)8-3-16-1-5-18(43)6-2-16/h1-12,26-28,30-36,38-43,45-47,49-55H,13-15H2/p+1/t26-,27-,28-,30+,31-,32+,33+,34+,35-,36-,38-,39+,40+,41-/m1/s1. The summed E-state index contributed by atoms with van der Waals surface area (Å²) in [6.45, 7) is -2.02. The van der Waals surface area contributed by atoms with Gasteiger partial charge in [-0.05, 0) is 48.0 Å². The second-order valence-corrected chi connectivity index (χ2v) is 14.9. The van der Waals surface area contributed by atoms with Crippen LogP contribution in [0.3, 0.4) is 0 Å². The quantitative estimate of drug-likeness (QED) is 0.0315. The number of esters is 1. The number of hydrogen-bond acceptors (Lipinski definition) is 21. The van der Waals surface area contributed by atoms with Gasteiger partial charge in [0, 0.05) is 17.7 Å². The number of aliphatic hydroxyl groups excluding tert-OH is 8. The molecule has 2 aromatic rings. The van der Waals surface area contributed by atoms with Crippen molar-refractivity contribution < 1.29 is 104 Å². The molecule has 0 amide bonds. The van der Waals surface area contributed by atoms with Gasteiger partial charge in [0.1, 0.15) is 78.3 Å². The van der Waals surface area contributed by atoms with E-state index in [0.717, 1.165) is 24.3 Å². The first-order valence-corrected chi connectivity index (χ1v) is 19.3. The lowest BCUT2D eigenvalue weighted by Crippen LogP contribution is -2.65. The number of benzene rings is 3. The van der Waals surface area contributed by atoms with Crippen LogP contribution in [0.1, 0.15) is 5.56 Å². The van der Waals surface area contributed by atoms with E-state index in [2.05, 4.69) is 0 Å². The third-order valence-corrected chi connectivity index (χ3v) is 10.5. The molecule has 0 radical (unpaired) electrons. The Bertz CT molecular complexity index is 2260. The number of aromatic hydroxyl groups is 4. The minimum atomic E-state index is -2.02. The Hall–Kier alpha value is -5.44. The van der Waals surface area contributed by atoms with Gasteiger partial charge in [-0.25, -0.2) is 0 Å². The lowest BCUT2D eigenvalue weighted by atomic mass is 9.98. The highest BCUT2D eigenvalue weighted by Gasteiger charge is 2.52. The molecule has 22 heteroatoms. The molecule has 4 aliphatic heterocycles. The van der Waals surface area contributed by atoms with Crippen molar-refractivity contribution in [1.82, 2.24) is 0 Å². The van der Waals surface area contributed by atoms with Crippen molar-refractivity contribution in [2.45, 2.75) is 86.0 Å². The highest BCUT2D eigenvalue weighted by atomic mass is 16.8. The van der Waals surface area contributed by atoms with E-state index in [4.69, 9.17) is 37.6 Å². The molecule has 5 aliphatic rings. The Morgan fingerprint density at radius 1 is 0.714 bits per heavy atom. The fourth-order valence-electron chi connectivity index (χ4n) is 7.02. The average molecular weight is 890 g/mol. The Kier molecular flexibility index (Phi) is 13.8. The number of phenols is 4. The lowest BCUT2D eigenvalue weighted by Gasteiger charge is -2.46. The molecule has 14 atom stereocenters. The van der Waals surface area contributed by atoms with E-state index < -0.39 is 134 Å². The topological polar surface area (TPSA) is 359 Å². The van der Waals surface area contributed by atoms with Crippen LogP contribution in [0, 0.1) is 0 Å². The van der Waals surface area contributed by atoms with Crippen LogP contribution in [0.25, 0.3) is 28.7 Å². The summed E-state index contributed by atoms with van der Waals surface area (Å²) >= 11 is 0. The minimum Gasteiger partial charge on any atom is -0.508 e. The summed E-state index contributed by atoms with van der Waals surface area (Å²) < 4.78 is 45.8. The van der Waals surface area contributed by atoms with Gasteiger partial charge in [-0.3, -0.25) is 4.79 Å². The van der Waals surface area contributed by atoms with Gasteiger partial charge in [0.2, 0.25) is 12.9 Å². The van der Waals surface area contributed by atoms with E-state index in [-0.39, 0.29) is 34.1 Å². The van der Waals surface area contributed by atoms with Crippen molar-refractivity contribution in [3.05, 3.63) is 82.5 Å². The summed E-state index contributed by atoms with van der Waals surface area (Å²) in [6, 6.07) is 12.7. The van der Waals surface area contributed by atoms with Crippen molar-refractivity contribution >= 4 is 12.0 Å². The molecule has 2 aromatic carbocycles. The SMILES string of the molecule is O=c1cc2oc(-c3ccc(O)c(O)c3)c(O[C@@H]3O[C@H](CO)[C@H](O)[C@H](O)[C@H]3O[C@@H]3OC[C@@H](O[C@@H]4O[C@H](COC(=[OH+])C=Cc5ccc(O)cc5)[C@@H](O)[C@H](O)[C@H]4O)[C@H](O)[C@H]3O)cc-2c(O)c1. The minimum absolute atomic E-state index is 0.0349. The molecule has 22 nitrogen and oxygen atoms in total. The molecule has 340 valence electrons. The fourth-order valence-corrected chi connectivity index (χ4v) is 7.02. The molecule has 7 rings (SSSR count). The van der Waals surface area contributed by atoms with Crippen molar-refractivity contribution in [2.75, 3.05) is 19.8 Å². The number of ether oxygens (including phenoxy) is 7. The molecule has 1 aliphatic carbocycles. The van der Waals surface area contributed by atoms with Crippen LogP contribution in [0.15, 0.2) is 76.0 Å². The zero-order valence-corrected chi connectivity index (χ0v) is 32.6. The predicted molar refractivity (Wildman–Crippen MR) is 209 cm³/mol. The van der Waals surface area contributed by atoms with Crippen molar-refractivity contribution in [2.24, 2.45) is 0 Å². The first-order chi connectivity index (χ1) is 30.0. The Morgan fingerprint density at radius 3 is 2.13 bits per heavy atom. The molecule has 13 N–H and O–H groups in total. The lowest BCUT2D eigenvalue weighted by molar-refractivity contribution is -0.364. The molecular weight excluding hydrogens is 844 g/mol. The summed E-state index contributed by atoms with van der Waals surface area (Å²) in [5.41, 5.74) is -0.00696. The van der Waals surface area contributed by atoms with Gasteiger partial charge in [0.15, 0.2) is 47.1 Å². The second kappa shape index (κ2) is 19.1. The van der Waals surface area contributed by atoms with E-state index in [1.165, 1.54) is 36.4 Å². The Balaban J connectivity index is 1.05. The zero-order valence-electron chi connectivity index (χ0n) is 32.6. The molecule has 0 aromatic heterocycles. The second-order valence-electron chi connectivity index (χ2n) is 14.9. The third kappa shape index (κ3) is 9.88. The molecule has 0 spiro atoms. The van der Waals surface area contributed by atoms with Gasteiger partial charge in [0.25, 0.3) is 0 Å². The van der Waals surface area contributed by atoms with Crippen LogP contribution in [0.4, 0.5) is 0 Å². The fraction of sp³-hybridized carbons (Fsp3) is 0.415. The van der Waals surface area contributed by atoms with Crippen LogP contribution in [0.2, 0.25) is 0 Å². The molecule has 4 heterocycles. The van der Waals surface area contributed by atoms with Crippen LogP contribution in [0.5, 0.6) is 28.7 Å². The number of carbonyl (C=O) groups excluding carboxylic acids is 1. The normalized spacial score (nSPS) is 32.4. The molecular formula is C41H45O22+. The average Bonchev–Trinajstić information content (AvgIpc) is 3.26. The number of hydrogen-bond donors (Lipinski definition) is 12. The van der Waals surface area contributed by atoms with Crippen LogP contribution in [-0.2, 0) is 28.4 Å². The van der Waals surface area contributed by atoms with Gasteiger partial charge < -0.3 is 104 Å². The van der Waals surface area contributed by atoms with E-state index in [0.29, 0.717) is 5.56 Å². The van der Waals surface area contributed by atoms with Crippen LogP contribution in [-0.4, -0.2) is 178 Å². The highest BCUT2D eigenvalue weighted by Crippen LogP contribution is 2.43. The summed E-state index contributed by atoms with van der Waals surface area (Å²) in [6.07, 6.45) is -22.2. The number of aliphatic hydroxyl groups is 8. The van der Waals surface area contributed by atoms with Gasteiger partial charge in [0.05, 0.1) is 24.9 Å². The van der Waals surface area contributed by atoms with Crippen molar-refractivity contribution in [1.29, 1.82) is 0 Å². The number of phenolic OH excluding ortho intramolecular Hbond substituents is 4. The van der Waals surface area contributed by atoms with E-state index in [9.17, 15) is 70.9 Å². The van der Waals surface area contributed by atoms with E-state index in [1.54, 1.807) is 12.1 Å². The molecule has 3 fully saturated rings. The molecule has 0 saturated carbocycles. The predicted octanol–water partition coefficient (Wildman–Crippen LogP) is -2.06. The summed E-state index contributed by atoms with van der Waals surface area (Å²) in [4.78, 5) is 22.4. The monoisotopic (exact) mass is 889 g/mol. The zero-order chi connectivity index (χ0) is 45.3.